The standard InChI is InChI=1S/C12H18BrN3O2/c1-3-10-15-9(13)8-11(16-10)14-7-5-6-12(17)18-4-2/h8H,3-7H2,1-2H3,(H,14,15,16). The van der Waals surface area contributed by atoms with Crippen LogP contribution in [0.2, 0.25) is 0 Å². The lowest BCUT2D eigenvalue weighted by Gasteiger charge is -2.07. The summed E-state index contributed by atoms with van der Waals surface area (Å²) in [5, 5.41) is 3.17. The SMILES string of the molecule is CCOC(=O)CCCNc1cc(Br)nc(CC)n1. The molecule has 0 saturated carbocycles. The molecule has 100 valence electrons. The van der Waals surface area contributed by atoms with Crippen LogP contribution in [0.4, 0.5) is 5.82 Å². The van der Waals surface area contributed by atoms with Gasteiger partial charge in [0.2, 0.25) is 0 Å². The molecule has 1 rings (SSSR count). The van der Waals surface area contributed by atoms with Gasteiger partial charge in [-0.2, -0.15) is 0 Å². The van der Waals surface area contributed by atoms with Crippen LogP contribution in [-0.2, 0) is 16.0 Å². The van der Waals surface area contributed by atoms with Crippen LogP contribution in [0.3, 0.4) is 0 Å². The molecule has 0 atom stereocenters. The van der Waals surface area contributed by atoms with E-state index in [1.807, 2.05) is 13.0 Å². The fourth-order valence-electron chi connectivity index (χ4n) is 1.40. The Morgan fingerprint density at radius 1 is 1.44 bits per heavy atom. The number of esters is 1. The summed E-state index contributed by atoms with van der Waals surface area (Å²) in [6, 6.07) is 1.82. The molecule has 6 heteroatoms. The quantitative estimate of drug-likeness (QED) is 0.476. The summed E-state index contributed by atoms with van der Waals surface area (Å²) in [5.74, 6) is 1.41. The van der Waals surface area contributed by atoms with E-state index in [1.54, 1.807) is 6.92 Å². The molecule has 0 aliphatic rings. The lowest BCUT2D eigenvalue weighted by atomic mass is 10.3. The number of aromatic nitrogens is 2. The number of ether oxygens (including phenoxy) is 1. The van der Waals surface area contributed by atoms with Gasteiger partial charge in [-0.3, -0.25) is 4.79 Å². The molecule has 0 aliphatic carbocycles. The third kappa shape index (κ3) is 5.44. The minimum Gasteiger partial charge on any atom is -0.466 e. The summed E-state index contributed by atoms with van der Waals surface area (Å²) in [5.41, 5.74) is 0. The topological polar surface area (TPSA) is 64.1 Å². The van der Waals surface area contributed by atoms with E-state index in [1.165, 1.54) is 0 Å². The first kappa shape index (κ1) is 14.9. The van der Waals surface area contributed by atoms with E-state index in [2.05, 4.69) is 31.2 Å². The third-order valence-corrected chi connectivity index (χ3v) is 2.63. The molecule has 0 saturated heterocycles. The van der Waals surface area contributed by atoms with Crippen molar-refractivity contribution in [2.24, 2.45) is 0 Å². The molecule has 5 nitrogen and oxygen atoms in total. The first-order valence-corrected chi connectivity index (χ1v) is 6.88. The van der Waals surface area contributed by atoms with Gasteiger partial charge < -0.3 is 10.1 Å². The Labute approximate surface area is 115 Å². The first-order chi connectivity index (χ1) is 8.65. The van der Waals surface area contributed by atoms with Crippen LogP contribution in [0.5, 0.6) is 0 Å². The van der Waals surface area contributed by atoms with Crippen molar-refractivity contribution < 1.29 is 9.53 Å². The number of rotatable bonds is 7. The van der Waals surface area contributed by atoms with Crippen molar-refractivity contribution in [3.63, 3.8) is 0 Å². The minimum atomic E-state index is -0.155. The second-order valence-electron chi connectivity index (χ2n) is 3.68. The van der Waals surface area contributed by atoms with Crippen molar-refractivity contribution in [3.05, 3.63) is 16.5 Å². The third-order valence-electron chi connectivity index (χ3n) is 2.23. The summed E-state index contributed by atoms with van der Waals surface area (Å²) >= 11 is 3.34. The van der Waals surface area contributed by atoms with Crippen molar-refractivity contribution in [2.45, 2.75) is 33.1 Å². The Morgan fingerprint density at radius 3 is 2.89 bits per heavy atom. The molecule has 0 spiro atoms. The highest BCUT2D eigenvalue weighted by atomic mass is 79.9. The van der Waals surface area contributed by atoms with Gasteiger partial charge in [-0.1, -0.05) is 6.92 Å². The Morgan fingerprint density at radius 2 is 2.22 bits per heavy atom. The predicted octanol–water partition coefficient (Wildman–Crippen LogP) is 2.56. The average molecular weight is 316 g/mol. The summed E-state index contributed by atoms with van der Waals surface area (Å²) in [7, 11) is 0. The molecule has 18 heavy (non-hydrogen) atoms. The van der Waals surface area contributed by atoms with E-state index in [0.29, 0.717) is 19.6 Å². The molecule has 0 unspecified atom stereocenters. The summed E-state index contributed by atoms with van der Waals surface area (Å²) in [6.07, 6.45) is 1.94. The highest BCUT2D eigenvalue weighted by Crippen LogP contribution is 2.12. The summed E-state index contributed by atoms with van der Waals surface area (Å²) in [6.45, 7) is 4.93. The summed E-state index contributed by atoms with van der Waals surface area (Å²) < 4.78 is 5.62. The molecule has 0 fully saturated rings. The van der Waals surface area contributed by atoms with Crippen LogP contribution in [0, 0.1) is 0 Å². The van der Waals surface area contributed by atoms with Crippen molar-refractivity contribution >= 4 is 27.7 Å². The van der Waals surface area contributed by atoms with E-state index < -0.39 is 0 Å². The number of aryl methyl sites for hydroxylation is 1. The smallest absolute Gasteiger partial charge is 0.305 e. The van der Waals surface area contributed by atoms with E-state index in [4.69, 9.17) is 4.74 Å². The van der Waals surface area contributed by atoms with Gasteiger partial charge in [-0.15, -0.1) is 0 Å². The normalized spacial score (nSPS) is 10.2. The van der Waals surface area contributed by atoms with Crippen molar-refractivity contribution in [1.82, 2.24) is 9.97 Å². The van der Waals surface area contributed by atoms with Crippen LogP contribution in [-0.4, -0.2) is 29.1 Å². The first-order valence-electron chi connectivity index (χ1n) is 6.08. The zero-order valence-corrected chi connectivity index (χ0v) is 12.3. The molecule has 0 radical (unpaired) electrons. The Hall–Kier alpha value is -1.17. The molecular formula is C12H18BrN3O2. The largest absolute Gasteiger partial charge is 0.466 e. The van der Waals surface area contributed by atoms with E-state index in [9.17, 15) is 4.79 Å². The van der Waals surface area contributed by atoms with Gasteiger partial charge in [0.15, 0.2) is 0 Å². The second-order valence-corrected chi connectivity index (χ2v) is 4.49. The van der Waals surface area contributed by atoms with Crippen molar-refractivity contribution in [1.29, 1.82) is 0 Å². The lowest BCUT2D eigenvalue weighted by molar-refractivity contribution is -0.143. The van der Waals surface area contributed by atoms with E-state index >= 15 is 0 Å². The van der Waals surface area contributed by atoms with Crippen molar-refractivity contribution in [3.8, 4) is 0 Å². The maximum absolute atomic E-state index is 11.1. The number of carbonyl (C=O) groups excluding carboxylic acids is 1. The average Bonchev–Trinajstić information content (AvgIpc) is 2.34. The number of carbonyl (C=O) groups is 1. The number of hydrogen-bond donors (Lipinski definition) is 1. The fourth-order valence-corrected chi connectivity index (χ4v) is 1.82. The maximum Gasteiger partial charge on any atom is 0.305 e. The van der Waals surface area contributed by atoms with Gasteiger partial charge in [0, 0.05) is 25.5 Å². The molecule has 0 amide bonds. The van der Waals surface area contributed by atoms with Gasteiger partial charge in [-0.25, -0.2) is 9.97 Å². The van der Waals surface area contributed by atoms with Crippen LogP contribution in [0.1, 0.15) is 32.5 Å². The fraction of sp³-hybridized carbons (Fsp3) is 0.583. The molecule has 0 aromatic carbocycles. The van der Waals surface area contributed by atoms with Crippen LogP contribution in [0.25, 0.3) is 0 Å². The second kappa shape index (κ2) is 8.02. The van der Waals surface area contributed by atoms with Crippen molar-refractivity contribution in [2.75, 3.05) is 18.5 Å². The molecule has 0 bridgehead atoms. The van der Waals surface area contributed by atoms with Crippen LogP contribution < -0.4 is 5.32 Å². The van der Waals surface area contributed by atoms with Gasteiger partial charge in [-0.05, 0) is 29.3 Å². The van der Waals surface area contributed by atoms with E-state index in [-0.39, 0.29) is 5.97 Å². The van der Waals surface area contributed by atoms with Crippen LogP contribution in [0.15, 0.2) is 10.7 Å². The zero-order chi connectivity index (χ0) is 13.4. The summed E-state index contributed by atoms with van der Waals surface area (Å²) in [4.78, 5) is 19.7. The Bertz CT molecular complexity index is 399. The molecule has 1 heterocycles. The number of nitrogens with zero attached hydrogens (tertiary/aromatic N) is 2. The van der Waals surface area contributed by atoms with Gasteiger partial charge in [0.25, 0.3) is 0 Å². The number of nitrogens with one attached hydrogen (secondary N) is 1. The number of hydrogen-bond acceptors (Lipinski definition) is 5. The highest BCUT2D eigenvalue weighted by Gasteiger charge is 2.03. The van der Waals surface area contributed by atoms with Crippen LogP contribution >= 0.6 is 15.9 Å². The predicted molar refractivity (Wildman–Crippen MR) is 73.5 cm³/mol. The number of anilines is 1. The van der Waals surface area contributed by atoms with Gasteiger partial charge in [0.05, 0.1) is 6.61 Å². The maximum atomic E-state index is 11.1. The highest BCUT2D eigenvalue weighted by molar-refractivity contribution is 9.10. The lowest BCUT2D eigenvalue weighted by Crippen LogP contribution is -2.09. The van der Waals surface area contributed by atoms with Gasteiger partial charge in [0.1, 0.15) is 16.2 Å². The molecule has 1 aromatic rings. The minimum absolute atomic E-state index is 0.155. The Balaban J connectivity index is 2.35. The molecule has 1 N–H and O–H groups in total. The number of halogens is 1. The molecular weight excluding hydrogens is 298 g/mol. The molecule has 1 aromatic heterocycles. The zero-order valence-electron chi connectivity index (χ0n) is 10.7. The monoisotopic (exact) mass is 315 g/mol. The van der Waals surface area contributed by atoms with Gasteiger partial charge >= 0.3 is 5.97 Å². The molecule has 0 aliphatic heterocycles. The Kier molecular flexibility index (Phi) is 6.64. The van der Waals surface area contributed by atoms with E-state index in [0.717, 1.165) is 29.1 Å².